The molecule has 9 atom stereocenters. The second-order valence-electron chi connectivity index (χ2n) is 34.7. The molecule has 5 fully saturated rings. The summed E-state index contributed by atoms with van der Waals surface area (Å²) in [6.45, 7) is 2.51. The number of unbranched alkanes of at least 4 members (excludes halogenated alkanes) is 2. The van der Waals surface area contributed by atoms with E-state index in [2.05, 4.69) is 36.6 Å². The molecule has 0 bridgehead atoms. The number of nitrogens with one attached hydrogen (secondary N) is 5. The smallest absolute Gasteiger partial charge is 0.373 e. The number of imide groups is 2. The molecule has 13 rings (SSSR count). The van der Waals surface area contributed by atoms with Gasteiger partial charge in [0, 0.05) is 157 Å². The van der Waals surface area contributed by atoms with Crippen molar-refractivity contribution in [3.8, 4) is 11.5 Å². The van der Waals surface area contributed by atoms with Gasteiger partial charge in [-0.05, 0) is 169 Å². The minimum absolute atomic E-state index is 0. The van der Waals surface area contributed by atoms with Crippen molar-refractivity contribution < 1.29 is 145 Å². The van der Waals surface area contributed by atoms with Crippen LogP contribution in [0, 0.1) is 11.8 Å². The fourth-order valence-electron chi connectivity index (χ4n) is 16.7. The van der Waals surface area contributed by atoms with Gasteiger partial charge in [-0.15, -0.1) is 0 Å². The molecule has 2 aromatic heterocycles. The number of likely N-dealkylation sites (tertiary alicyclic amines) is 2. The number of aliphatic hydroxyl groups is 6. The van der Waals surface area contributed by atoms with Crippen LogP contribution in [0.2, 0.25) is 0 Å². The lowest BCUT2D eigenvalue weighted by Gasteiger charge is -2.46. The number of pyridine rings is 2. The Morgan fingerprint density at radius 1 is 0.503 bits per heavy atom. The maximum absolute atomic E-state index is 13.5. The van der Waals surface area contributed by atoms with E-state index in [1.807, 2.05) is 34.1 Å². The molecule has 776 valence electrons. The summed E-state index contributed by atoms with van der Waals surface area (Å²) < 4.78 is 33.6. The van der Waals surface area contributed by atoms with Gasteiger partial charge in [0.05, 0.1) is 37.4 Å². The number of nitrogens with zero attached hydrogens (tertiary/aromatic N) is 6. The molecule has 9 heterocycles. The predicted octanol–water partition coefficient (Wildman–Crippen LogP) is 4.06. The number of rotatable bonds is 43. The monoisotopic (exact) mass is 2010 g/mol. The molecule has 145 heavy (non-hydrogen) atoms. The molecule has 13 N–H and O–H groups in total. The van der Waals surface area contributed by atoms with Gasteiger partial charge < -0.3 is 101 Å². The van der Waals surface area contributed by atoms with Gasteiger partial charge in [0.15, 0.2) is 11.6 Å². The lowest BCUT2D eigenvalue weighted by atomic mass is 9.83. The summed E-state index contributed by atoms with van der Waals surface area (Å²) in [5.41, 5.74) is 9.25. The van der Waals surface area contributed by atoms with E-state index in [9.17, 15) is 97.8 Å². The van der Waals surface area contributed by atoms with Crippen LogP contribution in [-0.2, 0) is 122 Å². The molecule has 5 unspecified atom stereocenters. The van der Waals surface area contributed by atoms with E-state index in [1.54, 1.807) is 97.6 Å². The molecule has 0 aliphatic carbocycles. The Hall–Kier alpha value is -14.5. The van der Waals surface area contributed by atoms with Crippen LogP contribution in [0.3, 0.4) is 0 Å². The van der Waals surface area contributed by atoms with Crippen LogP contribution in [0.15, 0.2) is 170 Å². The highest BCUT2D eigenvalue weighted by atomic mass is 16.7. The molecule has 5 saturated heterocycles. The molecule has 10 amide bonds. The summed E-state index contributed by atoms with van der Waals surface area (Å²) in [4.78, 5) is 225. The molecular weight excluding hydrogens is 1890 g/mol. The third-order valence-corrected chi connectivity index (χ3v) is 24.6. The van der Waals surface area contributed by atoms with E-state index < -0.39 is 114 Å². The largest absolute Gasteiger partial charge is 0.461 e. The Morgan fingerprint density at radius 3 is 1.31 bits per heavy atom. The van der Waals surface area contributed by atoms with Gasteiger partial charge >= 0.3 is 24.2 Å². The highest BCUT2D eigenvalue weighted by Crippen LogP contribution is 2.35. The Kier molecular flexibility index (Phi) is 47.0. The maximum atomic E-state index is 13.5. The van der Waals surface area contributed by atoms with Crippen LogP contribution in [0.4, 0.5) is 11.4 Å². The minimum Gasteiger partial charge on any atom is -0.461 e. The summed E-state index contributed by atoms with van der Waals surface area (Å²) in [5, 5.41) is 75.4. The van der Waals surface area contributed by atoms with Gasteiger partial charge in [0.2, 0.25) is 36.2 Å². The number of anilines is 2. The lowest BCUT2D eigenvalue weighted by Crippen LogP contribution is -2.74. The van der Waals surface area contributed by atoms with Crippen molar-refractivity contribution in [1.82, 2.24) is 45.5 Å². The van der Waals surface area contributed by atoms with Crippen molar-refractivity contribution in [2.75, 3.05) is 82.8 Å². The topological polar surface area (TPSA) is 609 Å². The Morgan fingerprint density at radius 2 is 0.917 bits per heavy atom. The molecule has 6 aromatic rings. The van der Waals surface area contributed by atoms with Crippen LogP contribution in [0.5, 0.6) is 11.5 Å². The number of esters is 2. The third-order valence-electron chi connectivity index (χ3n) is 24.6. The standard InChI is InChI=1S/C50H58N6O13.C49H58N6O13.2CO2.2CH4/c57-38-29-68-49(47(65)46(38)64)69-39-14-12-35(25-37(39)54-42(60)11-4-10-40(58)50(30-52-31-50)56-43(61)16-17-44(56)62)28-67-45(63)26-34-7-3-9-36(24-34)48(66)55-22-18-32(19-23-55)6-1-2-21-53-41(59)15-13-33-8-5-20-51-27-33;50-27-37(55-43(60)16-17-44(55)61)38(56)10-4-11-42(59)53-36-25-34(12-14-40(36)68-49-47(64)46(63)39(57)30-67-49)29-66-45(62)26-33-7-3-9-35(24-33)48(65)54-22-18-31(19-23-54)6-1-2-21-52-41(58)15-13-32-8-5-20-51-28-32;2*2-1-3;;/h3,5,7-9,12-17,20,24-25,27,32,38,46-47,49,52,57,64-65H,1-2,4,6,10-11,18-19,21-23,26,28-31H2,(H,53,59)(H,54,60);3,5,7-9,12-17,20,24-25,28,31,37,39,46-47,49,57,63-64H,1-2,4,6,10-11,18-19,21-23,26-27,29-30,50H2,(H,52,58)(H,53,59);;;2*1H4/b2*15-13+;;;;/t38?,46-,47-,49?;37?,39?,46-,47-,49?;;;;/m00..../s1. The normalized spacial score (nSPS) is 19.6. The number of aromatic nitrogens is 2. The Bertz CT molecular complexity index is 5580. The molecule has 7 aliphatic rings. The van der Waals surface area contributed by atoms with Gasteiger partial charge in [-0.25, -0.2) is 0 Å². The maximum Gasteiger partial charge on any atom is 0.373 e. The fourth-order valence-corrected chi connectivity index (χ4v) is 16.7. The molecule has 42 heteroatoms. The minimum atomic E-state index is -1.64. The first-order chi connectivity index (χ1) is 68.9. The number of ketones is 2. The molecule has 0 saturated carbocycles. The van der Waals surface area contributed by atoms with Crippen LogP contribution in [-0.4, -0.2) is 288 Å². The third kappa shape index (κ3) is 34.9. The first-order valence-corrected chi connectivity index (χ1v) is 46.8. The average molecular weight is 2010 g/mol. The Labute approximate surface area is 836 Å². The zero-order valence-electron chi connectivity index (χ0n) is 78.3. The number of benzene rings is 4. The first kappa shape index (κ1) is 116. The van der Waals surface area contributed by atoms with Gasteiger partial charge in [-0.2, -0.15) is 19.2 Å². The quantitative estimate of drug-likeness (QED) is 0.0111. The number of amides is 10. The van der Waals surface area contributed by atoms with Crippen LogP contribution in [0.25, 0.3) is 12.2 Å². The van der Waals surface area contributed by atoms with Gasteiger partial charge in [-0.3, -0.25) is 86.9 Å². The van der Waals surface area contributed by atoms with Crippen molar-refractivity contribution in [3.05, 3.63) is 215 Å². The molecule has 7 aliphatic heterocycles. The SMILES string of the molecule is C.C.NCC(C(=O)CCCC(=O)Nc1cc(COC(=O)Cc2cccc(C(=O)N3CCC(CCCCNC(=O)/C=C/c4cccnc4)CC3)c2)ccc1OC1OCC(O)[C@H](O)[C@@H]1O)N1C(=O)C=CC1=O.O=C(/C=C/c1cccnc1)NCCCCC1CCN(C(=O)c2cccc(CC(=O)OCc3ccc(OC4OCC(O)[C@H](O)[C@@H]4O)c(NC(=O)CCCC(=O)C4(N5C(=O)C=CC5=O)CNC4)c3)c2)CC1.O=C=O.O=C=O. The van der Waals surface area contributed by atoms with Gasteiger partial charge in [0.1, 0.15) is 72.9 Å². The summed E-state index contributed by atoms with van der Waals surface area (Å²) in [7, 11) is 0. The zero-order valence-corrected chi connectivity index (χ0v) is 78.3. The van der Waals surface area contributed by atoms with Gasteiger partial charge in [0.25, 0.3) is 35.4 Å². The van der Waals surface area contributed by atoms with Crippen LogP contribution in [0.1, 0.15) is 172 Å². The van der Waals surface area contributed by atoms with E-state index in [0.717, 1.165) is 109 Å². The molecule has 0 radical (unpaired) electrons. The summed E-state index contributed by atoms with van der Waals surface area (Å²) in [6, 6.07) is 28.9. The number of nitrogens with two attached hydrogens (primary N) is 1. The Balaban J connectivity index is 0.000000332. The second-order valence-corrected chi connectivity index (χ2v) is 34.7. The van der Waals surface area contributed by atoms with Crippen molar-refractivity contribution in [3.63, 3.8) is 0 Å². The highest BCUT2D eigenvalue weighted by molar-refractivity contribution is 6.17. The fraction of sp³-hybridized carbons (Fsp3) is 0.437. The van der Waals surface area contributed by atoms with Crippen LogP contribution < -0.4 is 41.8 Å². The first-order valence-electron chi connectivity index (χ1n) is 46.8. The highest BCUT2D eigenvalue weighted by Gasteiger charge is 2.54. The van der Waals surface area contributed by atoms with E-state index >= 15 is 0 Å². The lowest BCUT2D eigenvalue weighted by molar-refractivity contribution is -0.241. The predicted molar refractivity (Wildman–Crippen MR) is 516 cm³/mol. The van der Waals surface area contributed by atoms with E-state index in [4.69, 9.17) is 53.3 Å². The zero-order chi connectivity index (χ0) is 103. The van der Waals surface area contributed by atoms with E-state index in [0.29, 0.717) is 84.5 Å². The van der Waals surface area contributed by atoms with Crippen molar-refractivity contribution in [2.45, 2.75) is 204 Å². The van der Waals surface area contributed by atoms with E-state index in [1.165, 1.54) is 36.4 Å². The van der Waals surface area contributed by atoms with Crippen molar-refractivity contribution >= 4 is 118 Å². The molecular formula is C103H124N12O30. The number of ether oxygens (including phenoxy) is 6. The number of aliphatic hydroxyl groups excluding tert-OH is 6. The summed E-state index contributed by atoms with van der Waals surface area (Å²) in [5.74, 6) is -5.05. The number of piperidine rings is 2. The number of hydrogen-bond acceptors (Lipinski definition) is 34. The van der Waals surface area contributed by atoms with Crippen molar-refractivity contribution in [1.29, 1.82) is 0 Å². The summed E-state index contributed by atoms with van der Waals surface area (Å²) >= 11 is 0. The summed E-state index contributed by atoms with van der Waals surface area (Å²) in [6.07, 6.45) is 14.6. The average Bonchev–Trinajstić information content (AvgIpc) is 1.66. The molecule has 4 aromatic carbocycles. The second kappa shape index (κ2) is 58.9. The van der Waals surface area contributed by atoms with Gasteiger partial charge in [-0.1, -0.05) is 89.1 Å². The number of hydrogen-bond donors (Lipinski definition) is 12. The van der Waals surface area contributed by atoms with Crippen molar-refractivity contribution in [2.24, 2.45) is 17.6 Å². The molecule has 0 spiro atoms. The number of Topliss-reactive ketones (excluding diaryl/α,β-unsaturated/α-hetero) is 2. The number of carbonyl (C=O) groups is 14. The van der Waals surface area contributed by atoms with Crippen LogP contribution >= 0.6 is 0 Å². The molecule has 42 nitrogen and oxygen atoms in total. The van der Waals surface area contributed by atoms with E-state index in [-0.39, 0.29) is 177 Å². The number of carbonyl (C=O) groups excluding carboxylic acids is 18.